The first kappa shape index (κ1) is 21.9. The van der Waals surface area contributed by atoms with E-state index >= 15 is 0 Å². The topological polar surface area (TPSA) is 80.1 Å². The van der Waals surface area contributed by atoms with Crippen molar-refractivity contribution in [2.75, 3.05) is 16.0 Å². The van der Waals surface area contributed by atoms with Gasteiger partial charge in [0.2, 0.25) is 11.8 Å². The molecule has 34 heavy (non-hydrogen) atoms. The van der Waals surface area contributed by atoms with Crippen molar-refractivity contribution >= 4 is 35.0 Å². The van der Waals surface area contributed by atoms with Crippen LogP contribution in [0.5, 0.6) is 0 Å². The van der Waals surface area contributed by atoms with Crippen LogP contribution in [-0.2, 0) is 9.59 Å². The van der Waals surface area contributed by atoms with Crippen LogP contribution in [0.3, 0.4) is 0 Å². The Morgan fingerprint density at radius 2 is 1.65 bits per heavy atom. The summed E-state index contributed by atoms with van der Waals surface area (Å²) in [5.74, 6) is 0.682. The van der Waals surface area contributed by atoms with Gasteiger partial charge in [0.05, 0.1) is 17.1 Å². The lowest BCUT2D eigenvalue weighted by Crippen LogP contribution is -2.40. The van der Waals surface area contributed by atoms with Crippen LogP contribution in [0.1, 0.15) is 13.3 Å². The lowest BCUT2D eigenvalue weighted by Gasteiger charge is -2.27. The van der Waals surface area contributed by atoms with Crippen molar-refractivity contribution in [2.45, 2.75) is 24.5 Å². The van der Waals surface area contributed by atoms with E-state index in [2.05, 4.69) is 15.5 Å². The molecule has 0 bridgehead atoms. The minimum absolute atomic E-state index is 0.0923. The summed E-state index contributed by atoms with van der Waals surface area (Å²) in [6, 6.07) is 26.9. The average Bonchev–Trinajstić information content (AvgIpc) is 3.23. The Labute approximate surface area is 201 Å². The number of hydrogen-bond donors (Lipinski definition) is 1. The first-order valence-corrected chi connectivity index (χ1v) is 12.0. The highest BCUT2D eigenvalue weighted by atomic mass is 32.2. The van der Waals surface area contributed by atoms with E-state index in [-0.39, 0.29) is 30.0 Å². The molecule has 1 N–H and O–H groups in total. The zero-order valence-electron chi connectivity index (χ0n) is 18.6. The second-order valence-electron chi connectivity index (χ2n) is 8.01. The number of thioether (sulfide) groups is 1. The number of rotatable bonds is 5. The van der Waals surface area contributed by atoms with Crippen LogP contribution < -0.4 is 10.2 Å². The van der Waals surface area contributed by atoms with Crippen LogP contribution in [0, 0.1) is 0 Å². The van der Waals surface area contributed by atoms with Crippen molar-refractivity contribution in [3.63, 3.8) is 0 Å². The molecule has 0 fully saturated rings. The van der Waals surface area contributed by atoms with E-state index in [4.69, 9.17) is 0 Å². The molecule has 0 saturated heterocycles. The van der Waals surface area contributed by atoms with Gasteiger partial charge in [0.15, 0.2) is 11.0 Å². The van der Waals surface area contributed by atoms with Crippen molar-refractivity contribution in [3.8, 4) is 17.1 Å². The predicted octanol–water partition coefficient (Wildman–Crippen LogP) is 4.79. The fraction of sp³-hybridized carbons (Fsp3) is 0.154. The lowest BCUT2D eigenvalue weighted by atomic mass is 10.2. The Balaban J connectivity index is 1.45. The Kier molecular flexibility index (Phi) is 6.14. The number of amides is 2. The number of carbonyl (C=O) groups is 2. The normalized spacial score (nSPS) is 15.4. The van der Waals surface area contributed by atoms with E-state index in [1.807, 2.05) is 96.4 Å². The first-order chi connectivity index (χ1) is 16.6. The standard InChI is InChI=1S/C26H23N5O2S/c1-18-16-23(32)27-21-14-8-9-15-22(21)30(18)24(33)17-34-26-29-28-25(19-10-4-2-5-11-19)31(26)20-12-6-3-7-13-20/h2-15,18H,16-17H2,1H3,(H,27,32)/t18-/m0/s1. The third-order valence-electron chi connectivity index (χ3n) is 5.63. The van der Waals surface area contributed by atoms with E-state index in [9.17, 15) is 9.59 Å². The summed E-state index contributed by atoms with van der Waals surface area (Å²) < 4.78 is 1.97. The number of aromatic nitrogens is 3. The van der Waals surface area contributed by atoms with E-state index in [0.717, 1.165) is 11.3 Å². The molecule has 0 radical (unpaired) electrons. The highest BCUT2D eigenvalue weighted by Crippen LogP contribution is 2.33. The van der Waals surface area contributed by atoms with Gasteiger partial charge in [-0.25, -0.2) is 0 Å². The molecule has 4 aromatic rings. The molecule has 1 aliphatic heterocycles. The molecular weight excluding hydrogens is 446 g/mol. The number of benzene rings is 3. The molecule has 2 heterocycles. The van der Waals surface area contributed by atoms with Crippen molar-refractivity contribution < 1.29 is 9.59 Å². The minimum atomic E-state index is -0.261. The van der Waals surface area contributed by atoms with Gasteiger partial charge in [-0.1, -0.05) is 72.4 Å². The van der Waals surface area contributed by atoms with Gasteiger partial charge in [-0.3, -0.25) is 14.2 Å². The molecular formula is C26H23N5O2S. The van der Waals surface area contributed by atoms with Gasteiger partial charge in [-0.2, -0.15) is 0 Å². The minimum Gasteiger partial charge on any atom is -0.324 e. The largest absolute Gasteiger partial charge is 0.324 e. The van der Waals surface area contributed by atoms with Crippen LogP contribution in [0.4, 0.5) is 11.4 Å². The number of nitrogens with zero attached hydrogens (tertiary/aromatic N) is 4. The molecule has 1 aromatic heterocycles. The maximum absolute atomic E-state index is 13.4. The number of para-hydroxylation sites is 3. The third kappa shape index (κ3) is 4.32. The highest BCUT2D eigenvalue weighted by Gasteiger charge is 2.30. The van der Waals surface area contributed by atoms with E-state index in [1.165, 1.54) is 11.8 Å². The molecule has 3 aromatic carbocycles. The van der Waals surface area contributed by atoms with Gasteiger partial charge in [-0.15, -0.1) is 10.2 Å². The van der Waals surface area contributed by atoms with Crippen LogP contribution in [0.2, 0.25) is 0 Å². The van der Waals surface area contributed by atoms with Crippen molar-refractivity contribution in [3.05, 3.63) is 84.9 Å². The summed E-state index contributed by atoms with van der Waals surface area (Å²) in [6.45, 7) is 1.89. The van der Waals surface area contributed by atoms with E-state index < -0.39 is 0 Å². The second kappa shape index (κ2) is 9.52. The van der Waals surface area contributed by atoms with Gasteiger partial charge >= 0.3 is 0 Å². The summed E-state index contributed by atoms with van der Waals surface area (Å²) in [5, 5.41) is 12.4. The molecule has 0 unspecified atom stereocenters. The van der Waals surface area contributed by atoms with Crippen molar-refractivity contribution in [1.82, 2.24) is 14.8 Å². The predicted molar refractivity (Wildman–Crippen MR) is 134 cm³/mol. The summed E-state index contributed by atoms with van der Waals surface area (Å²) in [4.78, 5) is 27.4. The Morgan fingerprint density at radius 3 is 2.41 bits per heavy atom. The molecule has 7 nitrogen and oxygen atoms in total. The van der Waals surface area contributed by atoms with Crippen LogP contribution >= 0.6 is 11.8 Å². The fourth-order valence-electron chi connectivity index (χ4n) is 4.11. The van der Waals surface area contributed by atoms with Crippen molar-refractivity contribution in [2.24, 2.45) is 0 Å². The molecule has 1 atom stereocenters. The first-order valence-electron chi connectivity index (χ1n) is 11.0. The third-order valence-corrected chi connectivity index (χ3v) is 6.55. The van der Waals surface area contributed by atoms with Gasteiger partial charge in [0.1, 0.15) is 0 Å². The Hall–Kier alpha value is -3.91. The summed E-state index contributed by atoms with van der Waals surface area (Å²) >= 11 is 1.34. The lowest BCUT2D eigenvalue weighted by molar-refractivity contribution is -0.117. The quantitative estimate of drug-likeness (QED) is 0.425. The van der Waals surface area contributed by atoms with Crippen LogP contribution in [-0.4, -0.2) is 38.4 Å². The van der Waals surface area contributed by atoms with Crippen molar-refractivity contribution in [1.29, 1.82) is 0 Å². The zero-order chi connectivity index (χ0) is 23.5. The van der Waals surface area contributed by atoms with E-state index in [1.54, 1.807) is 4.90 Å². The molecule has 170 valence electrons. The zero-order valence-corrected chi connectivity index (χ0v) is 19.4. The molecule has 5 rings (SSSR count). The summed E-state index contributed by atoms with van der Waals surface area (Å²) in [5.41, 5.74) is 3.22. The maximum Gasteiger partial charge on any atom is 0.237 e. The van der Waals surface area contributed by atoms with E-state index in [0.29, 0.717) is 22.4 Å². The molecule has 0 aliphatic carbocycles. The fourth-order valence-corrected chi connectivity index (χ4v) is 4.92. The number of hydrogen-bond acceptors (Lipinski definition) is 5. The number of fused-ring (bicyclic) bond motifs is 1. The second-order valence-corrected chi connectivity index (χ2v) is 8.96. The molecule has 0 spiro atoms. The van der Waals surface area contributed by atoms with Gasteiger partial charge in [0, 0.05) is 23.7 Å². The summed E-state index contributed by atoms with van der Waals surface area (Å²) in [6.07, 6.45) is 0.240. The number of carbonyl (C=O) groups excluding carboxylic acids is 2. The number of anilines is 2. The Bertz CT molecular complexity index is 1320. The molecule has 2 amide bonds. The highest BCUT2D eigenvalue weighted by molar-refractivity contribution is 7.99. The smallest absolute Gasteiger partial charge is 0.237 e. The molecule has 0 saturated carbocycles. The summed E-state index contributed by atoms with van der Waals surface area (Å²) in [7, 11) is 0. The monoisotopic (exact) mass is 469 g/mol. The van der Waals surface area contributed by atoms with Gasteiger partial charge in [0.25, 0.3) is 0 Å². The van der Waals surface area contributed by atoms with Gasteiger partial charge < -0.3 is 10.2 Å². The molecule has 8 heteroatoms. The maximum atomic E-state index is 13.4. The number of nitrogens with one attached hydrogen (secondary N) is 1. The van der Waals surface area contributed by atoms with Gasteiger partial charge in [-0.05, 0) is 31.2 Å². The van der Waals surface area contributed by atoms with Crippen LogP contribution in [0.25, 0.3) is 17.1 Å². The SMILES string of the molecule is C[C@H]1CC(=O)Nc2ccccc2N1C(=O)CSc1nnc(-c2ccccc2)n1-c1ccccc1. The van der Waals surface area contributed by atoms with Crippen LogP contribution in [0.15, 0.2) is 90.1 Å². The Morgan fingerprint density at radius 1 is 0.971 bits per heavy atom. The molecule has 1 aliphatic rings. The average molecular weight is 470 g/mol.